The van der Waals surface area contributed by atoms with Crippen LogP contribution in [-0.2, 0) is 9.53 Å². The van der Waals surface area contributed by atoms with E-state index in [0.717, 1.165) is 27.5 Å². The van der Waals surface area contributed by atoms with Gasteiger partial charge in [-0.3, -0.25) is 9.36 Å². The lowest BCUT2D eigenvalue weighted by molar-refractivity contribution is -0.139. The number of fused-ring (bicyclic) bond motifs is 2. The molecular weight excluding hydrogens is 496 g/mol. The van der Waals surface area contributed by atoms with Gasteiger partial charge in [0, 0.05) is 5.56 Å². The van der Waals surface area contributed by atoms with E-state index in [0.29, 0.717) is 26.4 Å². The predicted molar refractivity (Wildman–Crippen MR) is 151 cm³/mol. The fraction of sp³-hybridized carbons (Fsp3) is 0.258. The minimum absolute atomic E-state index is 0.0270. The molecule has 0 bridgehead atoms. The van der Waals surface area contributed by atoms with Crippen LogP contribution in [0.25, 0.3) is 16.8 Å². The Balaban J connectivity index is 1.77. The molecule has 2 heterocycles. The fourth-order valence-corrected chi connectivity index (χ4v) is 5.80. The van der Waals surface area contributed by atoms with Crippen molar-refractivity contribution < 1.29 is 14.3 Å². The standard InChI is InChI=1S/C31H30N2O4S/c1-6-36-30(35)27-20(5)32-31-33(28(27)22-13-11-19(4)12-14-22)29(34)26(38-31)17-24-23-10-8-7-9-21(23)15-16-25(24)37-18(2)3/h7-18,28H,6H2,1-5H3/b26-17-/t28-/m0/s1. The lowest BCUT2D eigenvalue weighted by Gasteiger charge is -2.24. The molecule has 1 aromatic heterocycles. The van der Waals surface area contributed by atoms with Crippen LogP contribution < -0.4 is 19.6 Å². The molecule has 1 aliphatic rings. The van der Waals surface area contributed by atoms with Gasteiger partial charge in [0.15, 0.2) is 4.80 Å². The summed E-state index contributed by atoms with van der Waals surface area (Å²) in [5, 5.41) is 2.05. The largest absolute Gasteiger partial charge is 0.490 e. The molecule has 1 atom stereocenters. The number of thiazole rings is 1. The van der Waals surface area contributed by atoms with Crippen molar-refractivity contribution in [2.75, 3.05) is 6.61 Å². The molecule has 194 valence electrons. The lowest BCUT2D eigenvalue weighted by atomic mass is 9.95. The van der Waals surface area contributed by atoms with Crippen molar-refractivity contribution >= 4 is 34.2 Å². The van der Waals surface area contributed by atoms with Gasteiger partial charge in [-0.1, -0.05) is 71.5 Å². The third-order valence-corrected chi connectivity index (χ3v) is 7.46. The molecule has 38 heavy (non-hydrogen) atoms. The second-order valence-electron chi connectivity index (χ2n) is 9.58. The Bertz CT molecular complexity index is 1740. The molecule has 0 saturated heterocycles. The maximum atomic E-state index is 14.0. The quantitative estimate of drug-likeness (QED) is 0.330. The van der Waals surface area contributed by atoms with Gasteiger partial charge in [-0.05, 0) is 63.1 Å². The molecule has 0 aliphatic carbocycles. The van der Waals surface area contributed by atoms with Crippen LogP contribution in [0, 0.1) is 6.92 Å². The van der Waals surface area contributed by atoms with Crippen molar-refractivity contribution in [2.45, 2.75) is 46.8 Å². The first-order valence-corrected chi connectivity index (χ1v) is 13.5. The van der Waals surface area contributed by atoms with Crippen LogP contribution in [0.15, 0.2) is 81.7 Å². The Hall–Kier alpha value is -3.97. The second kappa shape index (κ2) is 10.4. The summed E-state index contributed by atoms with van der Waals surface area (Å²) in [6, 6.07) is 19.3. The maximum absolute atomic E-state index is 14.0. The lowest BCUT2D eigenvalue weighted by Crippen LogP contribution is -2.39. The summed E-state index contributed by atoms with van der Waals surface area (Å²) in [4.78, 5) is 32.4. The minimum Gasteiger partial charge on any atom is -0.490 e. The molecule has 0 spiro atoms. The number of rotatable bonds is 6. The van der Waals surface area contributed by atoms with Gasteiger partial charge < -0.3 is 9.47 Å². The molecular formula is C31H30N2O4S. The number of hydrogen-bond donors (Lipinski definition) is 0. The summed E-state index contributed by atoms with van der Waals surface area (Å²) in [5.41, 5.74) is 3.48. The van der Waals surface area contributed by atoms with Crippen LogP contribution in [-0.4, -0.2) is 23.2 Å². The third kappa shape index (κ3) is 4.70. The summed E-state index contributed by atoms with van der Waals surface area (Å²) in [6.07, 6.45) is 1.86. The number of allylic oxidation sites excluding steroid dienone is 1. The zero-order valence-electron chi connectivity index (χ0n) is 22.1. The molecule has 0 unspecified atom stereocenters. The number of aromatic nitrogens is 1. The number of hydrogen-bond acceptors (Lipinski definition) is 6. The van der Waals surface area contributed by atoms with Gasteiger partial charge in [0.25, 0.3) is 5.56 Å². The van der Waals surface area contributed by atoms with Crippen molar-refractivity contribution in [1.82, 2.24) is 4.57 Å². The molecule has 4 aromatic rings. The summed E-state index contributed by atoms with van der Waals surface area (Å²) in [6.45, 7) is 9.76. The monoisotopic (exact) mass is 526 g/mol. The van der Waals surface area contributed by atoms with E-state index in [1.165, 1.54) is 11.3 Å². The summed E-state index contributed by atoms with van der Waals surface area (Å²) >= 11 is 1.31. The molecule has 0 saturated carbocycles. The highest BCUT2D eigenvalue weighted by Crippen LogP contribution is 2.32. The number of ether oxygens (including phenoxy) is 2. The number of aryl methyl sites for hydroxylation is 1. The van der Waals surface area contributed by atoms with E-state index in [9.17, 15) is 9.59 Å². The SMILES string of the molecule is CCOC(=O)C1=C(C)N=c2s/c(=C\c3c(OC(C)C)ccc4ccccc34)c(=O)n2[C@H]1c1ccc(C)cc1. The van der Waals surface area contributed by atoms with E-state index in [4.69, 9.17) is 9.47 Å². The molecule has 6 nitrogen and oxygen atoms in total. The van der Waals surface area contributed by atoms with Crippen LogP contribution >= 0.6 is 11.3 Å². The molecule has 7 heteroatoms. The topological polar surface area (TPSA) is 69.9 Å². The Labute approximate surface area is 225 Å². The highest BCUT2D eigenvalue weighted by Gasteiger charge is 2.33. The number of benzene rings is 3. The van der Waals surface area contributed by atoms with Crippen LogP contribution in [0.2, 0.25) is 0 Å². The average Bonchev–Trinajstić information content (AvgIpc) is 3.19. The normalized spacial score (nSPS) is 15.5. The number of carbonyl (C=O) groups is 1. The Morgan fingerprint density at radius 1 is 1.08 bits per heavy atom. The molecule has 0 N–H and O–H groups in total. The molecule has 3 aromatic carbocycles. The van der Waals surface area contributed by atoms with E-state index in [1.54, 1.807) is 18.4 Å². The zero-order valence-corrected chi connectivity index (χ0v) is 23.0. The van der Waals surface area contributed by atoms with Crippen LogP contribution in [0.4, 0.5) is 0 Å². The molecule has 0 radical (unpaired) electrons. The number of nitrogens with zero attached hydrogens (tertiary/aromatic N) is 2. The van der Waals surface area contributed by atoms with Crippen molar-refractivity contribution in [2.24, 2.45) is 4.99 Å². The Morgan fingerprint density at radius 3 is 2.53 bits per heavy atom. The van der Waals surface area contributed by atoms with Crippen molar-refractivity contribution in [3.05, 3.63) is 108 Å². The highest BCUT2D eigenvalue weighted by atomic mass is 32.1. The first-order chi connectivity index (χ1) is 18.3. The first-order valence-electron chi connectivity index (χ1n) is 12.7. The molecule has 0 fully saturated rings. The Kier molecular flexibility index (Phi) is 7.04. The van der Waals surface area contributed by atoms with Crippen molar-refractivity contribution in [3.63, 3.8) is 0 Å². The van der Waals surface area contributed by atoms with Gasteiger partial charge in [0.05, 0.1) is 34.6 Å². The Morgan fingerprint density at radius 2 is 1.82 bits per heavy atom. The fourth-order valence-electron chi connectivity index (χ4n) is 4.77. The van der Waals surface area contributed by atoms with Gasteiger partial charge in [-0.15, -0.1) is 0 Å². The van der Waals surface area contributed by atoms with Crippen LogP contribution in [0.5, 0.6) is 5.75 Å². The van der Waals surface area contributed by atoms with Crippen molar-refractivity contribution in [3.8, 4) is 5.75 Å². The second-order valence-corrected chi connectivity index (χ2v) is 10.6. The summed E-state index contributed by atoms with van der Waals surface area (Å²) in [5.74, 6) is 0.248. The van der Waals surface area contributed by atoms with Crippen LogP contribution in [0.3, 0.4) is 0 Å². The van der Waals surface area contributed by atoms with Gasteiger partial charge >= 0.3 is 5.97 Å². The van der Waals surface area contributed by atoms with E-state index < -0.39 is 12.0 Å². The number of esters is 1. The van der Waals surface area contributed by atoms with Gasteiger partial charge in [-0.2, -0.15) is 0 Å². The van der Waals surface area contributed by atoms with Gasteiger partial charge in [0.2, 0.25) is 0 Å². The third-order valence-electron chi connectivity index (χ3n) is 6.48. The zero-order chi connectivity index (χ0) is 27.0. The predicted octanol–water partition coefficient (Wildman–Crippen LogP) is 5.05. The average molecular weight is 527 g/mol. The van der Waals surface area contributed by atoms with E-state index in [-0.39, 0.29) is 18.3 Å². The van der Waals surface area contributed by atoms with Crippen molar-refractivity contribution in [1.29, 1.82) is 0 Å². The van der Waals surface area contributed by atoms with E-state index in [1.807, 2.05) is 87.5 Å². The molecule has 1 aliphatic heterocycles. The summed E-state index contributed by atoms with van der Waals surface area (Å²) in [7, 11) is 0. The summed E-state index contributed by atoms with van der Waals surface area (Å²) < 4.78 is 13.7. The van der Waals surface area contributed by atoms with E-state index >= 15 is 0 Å². The van der Waals surface area contributed by atoms with E-state index in [2.05, 4.69) is 4.99 Å². The highest BCUT2D eigenvalue weighted by molar-refractivity contribution is 7.07. The smallest absolute Gasteiger partial charge is 0.338 e. The maximum Gasteiger partial charge on any atom is 0.338 e. The molecule has 0 amide bonds. The van der Waals surface area contributed by atoms with Gasteiger partial charge in [-0.25, -0.2) is 9.79 Å². The molecule has 5 rings (SSSR count). The van der Waals surface area contributed by atoms with Gasteiger partial charge in [0.1, 0.15) is 5.75 Å². The first kappa shape index (κ1) is 25.7. The minimum atomic E-state index is -0.632. The van der Waals surface area contributed by atoms with Crippen LogP contribution in [0.1, 0.15) is 50.4 Å². The number of carbonyl (C=O) groups excluding carboxylic acids is 1.